The fourth-order valence-corrected chi connectivity index (χ4v) is 3.15. The first-order valence-electron chi connectivity index (χ1n) is 8.23. The fourth-order valence-electron chi connectivity index (χ4n) is 3.15. The van der Waals surface area contributed by atoms with Gasteiger partial charge < -0.3 is 20.3 Å². The van der Waals surface area contributed by atoms with E-state index in [0.717, 1.165) is 25.3 Å². The summed E-state index contributed by atoms with van der Waals surface area (Å²) in [5.41, 5.74) is -0.418. The molecule has 0 aromatic heterocycles. The molecule has 0 spiro atoms. The van der Waals surface area contributed by atoms with Crippen molar-refractivity contribution in [2.24, 2.45) is 5.92 Å². The molecule has 122 valence electrons. The predicted octanol–water partition coefficient (Wildman–Crippen LogP) is 1.97. The molecular formula is C16H31N3O2. The van der Waals surface area contributed by atoms with Gasteiger partial charge in [0.25, 0.3) is 0 Å². The Hall–Kier alpha value is -0.810. The molecule has 21 heavy (non-hydrogen) atoms. The molecule has 1 unspecified atom stereocenters. The zero-order valence-electron chi connectivity index (χ0n) is 13.9. The Morgan fingerprint density at radius 2 is 2.00 bits per heavy atom. The molecule has 2 fully saturated rings. The Kier molecular flexibility index (Phi) is 5.49. The molecule has 0 aromatic rings. The zero-order valence-corrected chi connectivity index (χ0v) is 13.9. The maximum atomic E-state index is 11.7. The number of nitrogens with zero attached hydrogens (tertiary/aromatic N) is 1. The molecule has 5 heteroatoms. The average molecular weight is 297 g/mol. The van der Waals surface area contributed by atoms with Crippen molar-refractivity contribution in [2.45, 2.75) is 64.1 Å². The van der Waals surface area contributed by atoms with Crippen molar-refractivity contribution in [3.8, 4) is 0 Å². The Labute approximate surface area is 128 Å². The van der Waals surface area contributed by atoms with Crippen LogP contribution in [0.5, 0.6) is 0 Å². The van der Waals surface area contributed by atoms with Crippen molar-refractivity contribution in [3.05, 3.63) is 0 Å². The lowest BCUT2D eigenvalue weighted by Gasteiger charge is -2.38. The molecule has 0 aromatic carbocycles. The van der Waals surface area contributed by atoms with E-state index in [2.05, 4.69) is 22.6 Å². The number of hydrogen-bond acceptors (Lipinski definition) is 4. The number of piperidine rings is 1. The van der Waals surface area contributed by atoms with Crippen LogP contribution in [0, 0.1) is 5.92 Å². The van der Waals surface area contributed by atoms with Gasteiger partial charge in [-0.1, -0.05) is 0 Å². The first-order valence-corrected chi connectivity index (χ1v) is 8.23. The normalized spacial score (nSPS) is 30.6. The molecule has 1 aliphatic heterocycles. The van der Waals surface area contributed by atoms with Crippen LogP contribution in [0.1, 0.15) is 46.5 Å². The number of rotatable bonds is 4. The Morgan fingerprint density at radius 1 is 1.29 bits per heavy atom. The first-order chi connectivity index (χ1) is 9.82. The van der Waals surface area contributed by atoms with Gasteiger partial charge in [-0.05, 0) is 72.5 Å². The molecular weight excluding hydrogens is 266 g/mol. The Balaban J connectivity index is 1.56. The summed E-state index contributed by atoms with van der Waals surface area (Å²) in [5.74, 6) is 0.779. The SMILES string of the molecule is CN1CCCC(CNC2CC(NC(=O)OC(C)(C)C)C2)C1. The minimum Gasteiger partial charge on any atom is -0.444 e. The van der Waals surface area contributed by atoms with E-state index in [0.29, 0.717) is 6.04 Å². The first kappa shape index (κ1) is 16.6. The van der Waals surface area contributed by atoms with Gasteiger partial charge in [0.15, 0.2) is 0 Å². The van der Waals surface area contributed by atoms with Crippen molar-refractivity contribution < 1.29 is 9.53 Å². The highest BCUT2D eigenvalue weighted by molar-refractivity contribution is 5.68. The molecule has 1 saturated heterocycles. The maximum absolute atomic E-state index is 11.7. The highest BCUT2D eigenvalue weighted by Crippen LogP contribution is 2.22. The van der Waals surface area contributed by atoms with Crippen molar-refractivity contribution >= 4 is 6.09 Å². The summed E-state index contributed by atoms with van der Waals surface area (Å²) in [7, 11) is 2.20. The highest BCUT2D eigenvalue weighted by atomic mass is 16.6. The average Bonchev–Trinajstić information content (AvgIpc) is 2.29. The van der Waals surface area contributed by atoms with Gasteiger partial charge in [0.2, 0.25) is 0 Å². The predicted molar refractivity (Wildman–Crippen MR) is 84.4 cm³/mol. The second-order valence-electron chi connectivity index (χ2n) is 7.69. The van der Waals surface area contributed by atoms with E-state index in [1.807, 2.05) is 20.8 Å². The van der Waals surface area contributed by atoms with Crippen LogP contribution in [0.2, 0.25) is 0 Å². The van der Waals surface area contributed by atoms with Gasteiger partial charge in [-0.2, -0.15) is 0 Å². The fraction of sp³-hybridized carbons (Fsp3) is 0.938. The van der Waals surface area contributed by atoms with E-state index >= 15 is 0 Å². The van der Waals surface area contributed by atoms with E-state index in [4.69, 9.17) is 4.74 Å². The molecule has 5 nitrogen and oxygen atoms in total. The molecule has 2 aliphatic rings. The minimum atomic E-state index is -0.418. The van der Waals surface area contributed by atoms with E-state index in [9.17, 15) is 4.79 Å². The van der Waals surface area contributed by atoms with Gasteiger partial charge in [-0.15, -0.1) is 0 Å². The summed E-state index contributed by atoms with van der Waals surface area (Å²) in [4.78, 5) is 14.1. The van der Waals surface area contributed by atoms with Gasteiger partial charge in [-0.25, -0.2) is 4.79 Å². The smallest absolute Gasteiger partial charge is 0.407 e. The lowest BCUT2D eigenvalue weighted by molar-refractivity contribution is 0.0463. The minimum absolute atomic E-state index is 0.270. The number of carbonyl (C=O) groups is 1. The number of carbonyl (C=O) groups excluding carboxylic acids is 1. The molecule has 1 heterocycles. The van der Waals surface area contributed by atoms with Crippen LogP contribution >= 0.6 is 0 Å². The second kappa shape index (κ2) is 6.97. The van der Waals surface area contributed by atoms with Crippen molar-refractivity contribution in [1.82, 2.24) is 15.5 Å². The summed E-state index contributed by atoms with van der Waals surface area (Å²) in [6.45, 7) is 9.21. The van der Waals surface area contributed by atoms with Crippen LogP contribution in [-0.2, 0) is 4.74 Å². The summed E-state index contributed by atoms with van der Waals surface area (Å²) >= 11 is 0. The van der Waals surface area contributed by atoms with Gasteiger partial charge in [0, 0.05) is 18.6 Å². The van der Waals surface area contributed by atoms with E-state index < -0.39 is 5.60 Å². The van der Waals surface area contributed by atoms with Crippen molar-refractivity contribution in [1.29, 1.82) is 0 Å². The van der Waals surface area contributed by atoms with Gasteiger partial charge in [0.05, 0.1) is 0 Å². The lowest BCUT2D eigenvalue weighted by Crippen LogP contribution is -2.54. The maximum Gasteiger partial charge on any atom is 0.407 e. The second-order valence-corrected chi connectivity index (χ2v) is 7.69. The highest BCUT2D eigenvalue weighted by Gasteiger charge is 2.31. The number of likely N-dealkylation sites (tertiary alicyclic amines) is 1. The van der Waals surface area contributed by atoms with Crippen LogP contribution in [-0.4, -0.2) is 55.4 Å². The number of nitrogens with one attached hydrogen (secondary N) is 2. The molecule has 2 N–H and O–H groups in total. The topological polar surface area (TPSA) is 53.6 Å². The van der Waals surface area contributed by atoms with E-state index in [-0.39, 0.29) is 12.1 Å². The monoisotopic (exact) mass is 297 g/mol. The summed E-state index contributed by atoms with van der Waals surface area (Å²) < 4.78 is 5.27. The van der Waals surface area contributed by atoms with Gasteiger partial charge >= 0.3 is 6.09 Å². The summed E-state index contributed by atoms with van der Waals surface area (Å²) in [6.07, 6.45) is 4.39. The molecule has 1 saturated carbocycles. The van der Waals surface area contributed by atoms with Crippen LogP contribution in [0.3, 0.4) is 0 Å². The van der Waals surface area contributed by atoms with Crippen molar-refractivity contribution in [3.63, 3.8) is 0 Å². The Bertz CT molecular complexity index is 348. The Morgan fingerprint density at radius 3 is 2.62 bits per heavy atom. The summed E-state index contributed by atoms with van der Waals surface area (Å²) in [5, 5.41) is 6.58. The van der Waals surface area contributed by atoms with E-state index in [1.165, 1.54) is 25.9 Å². The number of amides is 1. The van der Waals surface area contributed by atoms with Crippen LogP contribution in [0.4, 0.5) is 4.79 Å². The number of ether oxygens (including phenoxy) is 1. The van der Waals surface area contributed by atoms with E-state index in [1.54, 1.807) is 0 Å². The van der Waals surface area contributed by atoms with Crippen molar-refractivity contribution in [2.75, 3.05) is 26.7 Å². The molecule has 1 atom stereocenters. The van der Waals surface area contributed by atoms with Crippen LogP contribution in [0.15, 0.2) is 0 Å². The third-order valence-electron chi connectivity index (χ3n) is 4.28. The van der Waals surface area contributed by atoms with Gasteiger partial charge in [-0.3, -0.25) is 0 Å². The molecule has 1 amide bonds. The number of alkyl carbamates (subject to hydrolysis) is 1. The summed E-state index contributed by atoms with van der Waals surface area (Å²) in [6, 6.07) is 0.823. The standard InChI is InChI=1S/C16H31N3O2/c1-16(2,3)21-15(20)18-14-8-13(9-14)17-10-12-6-5-7-19(4)11-12/h12-14,17H,5-11H2,1-4H3,(H,18,20). The molecule has 2 rings (SSSR count). The zero-order chi connectivity index (χ0) is 15.5. The molecule has 0 bridgehead atoms. The molecule has 1 aliphatic carbocycles. The van der Waals surface area contributed by atoms with Crippen LogP contribution in [0.25, 0.3) is 0 Å². The third kappa shape index (κ3) is 5.83. The lowest BCUT2D eigenvalue weighted by atomic mass is 9.86. The quantitative estimate of drug-likeness (QED) is 0.833. The third-order valence-corrected chi connectivity index (χ3v) is 4.28. The largest absolute Gasteiger partial charge is 0.444 e. The van der Waals surface area contributed by atoms with Gasteiger partial charge in [0.1, 0.15) is 5.60 Å². The molecule has 0 radical (unpaired) electrons. The number of hydrogen-bond donors (Lipinski definition) is 2. The van der Waals surface area contributed by atoms with Crippen LogP contribution < -0.4 is 10.6 Å².